The number of nitrogens with one attached hydrogen (secondary N) is 1. The molecular formula is C12H11N7O3. The van der Waals surface area contributed by atoms with Crippen LogP contribution in [0.2, 0.25) is 0 Å². The molecule has 0 aliphatic heterocycles. The van der Waals surface area contributed by atoms with Gasteiger partial charge >= 0.3 is 11.2 Å². The first-order valence-electron chi connectivity index (χ1n) is 6.39. The first-order valence-corrected chi connectivity index (χ1v) is 6.39. The molecule has 3 rings (SSSR count). The van der Waals surface area contributed by atoms with E-state index < -0.39 is 16.2 Å². The van der Waals surface area contributed by atoms with Crippen LogP contribution in [0.15, 0.2) is 41.8 Å². The second-order valence-electron chi connectivity index (χ2n) is 4.39. The van der Waals surface area contributed by atoms with Crippen molar-refractivity contribution in [1.82, 2.24) is 24.1 Å². The third-order valence-corrected chi connectivity index (χ3v) is 2.99. The van der Waals surface area contributed by atoms with E-state index >= 15 is 0 Å². The summed E-state index contributed by atoms with van der Waals surface area (Å²) in [5, 5.41) is 17.9. The van der Waals surface area contributed by atoms with Gasteiger partial charge in [-0.1, -0.05) is 6.07 Å². The minimum Gasteiger partial charge on any atom is -0.362 e. The highest BCUT2D eigenvalue weighted by Crippen LogP contribution is 2.17. The summed E-state index contributed by atoms with van der Waals surface area (Å²) in [5.41, 5.74) is -0.970. The van der Waals surface area contributed by atoms with Crippen molar-refractivity contribution < 1.29 is 4.92 Å². The molecule has 0 fully saturated rings. The lowest BCUT2D eigenvalue weighted by Gasteiger charge is -2.07. The van der Waals surface area contributed by atoms with Gasteiger partial charge in [0.25, 0.3) is 0 Å². The molecule has 10 heteroatoms. The number of aromatic nitrogens is 5. The van der Waals surface area contributed by atoms with Crippen molar-refractivity contribution in [2.24, 2.45) is 0 Å². The molecule has 0 aliphatic carbocycles. The maximum Gasteiger partial charge on any atom is 0.376 e. The van der Waals surface area contributed by atoms with Crippen molar-refractivity contribution in [2.75, 3.05) is 11.9 Å². The Morgan fingerprint density at radius 3 is 2.95 bits per heavy atom. The summed E-state index contributed by atoms with van der Waals surface area (Å²) < 4.78 is 2.70. The Morgan fingerprint density at radius 1 is 1.36 bits per heavy atom. The first-order chi connectivity index (χ1) is 10.7. The van der Waals surface area contributed by atoms with E-state index in [1.165, 1.54) is 18.9 Å². The molecular weight excluding hydrogens is 290 g/mol. The SMILES string of the molecule is O=c1c([N+](=O)[O-])c(NCCn2cncn2)nc2ccccn12. The smallest absolute Gasteiger partial charge is 0.362 e. The van der Waals surface area contributed by atoms with Gasteiger partial charge in [-0.25, -0.2) is 9.97 Å². The molecule has 1 N–H and O–H groups in total. The van der Waals surface area contributed by atoms with Crippen LogP contribution in [0.25, 0.3) is 5.65 Å². The average molecular weight is 301 g/mol. The van der Waals surface area contributed by atoms with Crippen LogP contribution in [0.4, 0.5) is 11.5 Å². The highest BCUT2D eigenvalue weighted by molar-refractivity contribution is 5.59. The molecule has 0 unspecified atom stereocenters. The van der Waals surface area contributed by atoms with E-state index in [0.29, 0.717) is 18.7 Å². The monoisotopic (exact) mass is 301 g/mol. The fourth-order valence-corrected chi connectivity index (χ4v) is 2.00. The quantitative estimate of drug-likeness (QED) is 0.531. The molecule has 3 aromatic heterocycles. The third-order valence-electron chi connectivity index (χ3n) is 2.99. The molecule has 3 aromatic rings. The number of nitro groups is 1. The van der Waals surface area contributed by atoms with Crippen LogP contribution in [-0.2, 0) is 6.54 Å². The zero-order valence-electron chi connectivity index (χ0n) is 11.3. The van der Waals surface area contributed by atoms with E-state index in [9.17, 15) is 14.9 Å². The number of pyridine rings is 1. The predicted molar refractivity (Wildman–Crippen MR) is 76.6 cm³/mol. The van der Waals surface area contributed by atoms with E-state index in [1.54, 1.807) is 22.9 Å². The maximum absolute atomic E-state index is 12.2. The molecule has 0 amide bonds. The summed E-state index contributed by atoms with van der Waals surface area (Å²) in [6.45, 7) is 0.757. The fraction of sp³-hybridized carbons (Fsp3) is 0.167. The van der Waals surface area contributed by atoms with E-state index in [0.717, 1.165) is 4.40 Å². The number of hydrogen-bond acceptors (Lipinski definition) is 7. The second kappa shape index (κ2) is 5.60. The van der Waals surface area contributed by atoms with Gasteiger partial charge < -0.3 is 5.32 Å². The molecule has 0 aromatic carbocycles. The molecule has 3 heterocycles. The van der Waals surface area contributed by atoms with Gasteiger partial charge in [0, 0.05) is 12.7 Å². The molecule has 0 saturated carbocycles. The van der Waals surface area contributed by atoms with Gasteiger partial charge in [0.15, 0.2) is 0 Å². The van der Waals surface area contributed by atoms with Crippen molar-refractivity contribution >= 4 is 17.2 Å². The van der Waals surface area contributed by atoms with E-state index in [1.807, 2.05) is 0 Å². The van der Waals surface area contributed by atoms with Crippen LogP contribution in [0, 0.1) is 10.1 Å². The average Bonchev–Trinajstić information content (AvgIpc) is 3.00. The molecule has 10 nitrogen and oxygen atoms in total. The Hall–Kier alpha value is -3.30. The number of nitrogens with zero attached hydrogens (tertiary/aromatic N) is 6. The van der Waals surface area contributed by atoms with Crippen molar-refractivity contribution in [2.45, 2.75) is 6.54 Å². The summed E-state index contributed by atoms with van der Waals surface area (Å²) in [4.78, 5) is 30.6. The second-order valence-corrected chi connectivity index (χ2v) is 4.39. The summed E-state index contributed by atoms with van der Waals surface area (Å²) in [6, 6.07) is 4.91. The number of rotatable bonds is 5. The van der Waals surface area contributed by atoms with Crippen LogP contribution in [0.1, 0.15) is 0 Å². The Labute approximate surface area is 123 Å². The van der Waals surface area contributed by atoms with Crippen LogP contribution in [-0.4, -0.2) is 35.6 Å². The summed E-state index contributed by atoms with van der Waals surface area (Å²) in [5.74, 6) is -0.0543. The topological polar surface area (TPSA) is 120 Å². The molecule has 22 heavy (non-hydrogen) atoms. The van der Waals surface area contributed by atoms with Gasteiger partial charge in [0.1, 0.15) is 18.3 Å². The first kappa shape index (κ1) is 13.7. The van der Waals surface area contributed by atoms with Crippen molar-refractivity contribution in [3.8, 4) is 0 Å². The molecule has 0 atom stereocenters. The normalized spacial score (nSPS) is 10.7. The van der Waals surface area contributed by atoms with Gasteiger partial charge in [0.05, 0.1) is 11.5 Å². The van der Waals surface area contributed by atoms with Crippen molar-refractivity contribution in [3.05, 3.63) is 57.5 Å². The summed E-state index contributed by atoms with van der Waals surface area (Å²) in [7, 11) is 0. The third kappa shape index (κ3) is 2.49. The van der Waals surface area contributed by atoms with E-state index in [2.05, 4.69) is 20.4 Å². The summed E-state index contributed by atoms with van der Waals surface area (Å²) >= 11 is 0. The highest BCUT2D eigenvalue weighted by Gasteiger charge is 2.23. The molecule has 0 spiro atoms. The maximum atomic E-state index is 12.2. The van der Waals surface area contributed by atoms with Gasteiger partial charge in [-0.05, 0) is 12.1 Å². The molecule has 0 saturated heterocycles. The predicted octanol–water partition coefficient (Wildman–Crippen LogP) is 0.306. The van der Waals surface area contributed by atoms with Gasteiger partial charge in [-0.2, -0.15) is 5.10 Å². The van der Waals surface area contributed by atoms with Crippen LogP contribution < -0.4 is 10.9 Å². The highest BCUT2D eigenvalue weighted by atomic mass is 16.6. The molecule has 112 valence electrons. The number of fused-ring (bicyclic) bond motifs is 1. The Balaban J connectivity index is 1.95. The lowest BCUT2D eigenvalue weighted by atomic mass is 10.4. The Bertz CT molecular complexity index is 872. The van der Waals surface area contributed by atoms with Crippen LogP contribution >= 0.6 is 0 Å². The van der Waals surface area contributed by atoms with Gasteiger partial charge in [-0.3, -0.25) is 24.0 Å². The van der Waals surface area contributed by atoms with Crippen molar-refractivity contribution in [3.63, 3.8) is 0 Å². The van der Waals surface area contributed by atoms with E-state index in [-0.39, 0.29) is 5.82 Å². The largest absolute Gasteiger partial charge is 0.376 e. The van der Waals surface area contributed by atoms with Crippen LogP contribution in [0.5, 0.6) is 0 Å². The van der Waals surface area contributed by atoms with Gasteiger partial charge in [0.2, 0.25) is 5.82 Å². The standard InChI is InChI=1S/C12H11N7O3/c20-12-10(19(21)22)11(14-4-6-17-8-13-7-15-17)16-9-3-1-2-5-18(9)12/h1-3,5,7-8,14H,4,6H2. The van der Waals surface area contributed by atoms with Crippen molar-refractivity contribution in [1.29, 1.82) is 0 Å². The fourth-order valence-electron chi connectivity index (χ4n) is 2.00. The zero-order chi connectivity index (χ0) is 15.5. The lowest BCUT2D eigenvalue weighted by molar-refractivity contribution is -0.385. The number of hydrogen-bond donors (Lipinski definition) is 1. The minimum atomic E-state index is -0.730. The van der Waals surface area contributed by atoms with Gasteiger partial charge in [-0.15, -0.1) is 0 Å². The molecule has 0 aliphatic rings. The van der Waals surface area contributed by atoms with Crippen LogP contribution in [0.3, 0.4) is 0 Å². The summed E-state index contributed by atoms with van der Waals surface area (Å²) in [6.07, 6.45) is 4.36. The minimum absolute atomic E-state index is 0.0543. The Kier molecular flexibility index (Phi) is 3.48. The number of anilines is 1. The van der Waals surface area contributed by atoms with E-state index in [4.69, 9.17) is 0 Å². The lowest BCUT2D eigenvalue weighted by Crippen LogP contribution is -2.22. The Morgan fingerprint density at radius 2 is 2.23 bits per heavy atom. The molecule has 0 radical (unpaired) electrons. The molecule has 0 bridgehead atoms. The zero-order valence-corrected chi connectivity index (χ0v) is 11.3.